The van der Waals surface area contributed by atoms with Crippen molar-refractivity contribution in [2.75, 3.05) is 20.3 Å². The number of carbonyl (C=O) groups excluding carboxylic acids is 3. The topological polar surface area (TPSA) is 181 Å². The van der Waals surface area contributed by atoms with Gasteiger partial charge in [0.25, 0.3) is 0 Å². The van der Waals surface area contributed by atoms with Crippen molar-refractivity contribution < 1.29 is 53.8 Å². The Morgan fingerprint density at radius 3 is 2.45 bits per heavy atom. The fourth-order valence-electron chi connectivity index (χ4n) is 6.96. The summed E-state index contributed by atoms with van der Waals surface area (Å²) in [6.07, 6.45) is -2.61. The zero-order chi connectivity index (χ0) is 31.5. The maximum Gasteiger partial charge on any atom is 0.202 e. The van der Waals surface area contributed by atoms with Crippen molar-refractivity contribution >= 4 is 17.3 Å². The van der Waals surface area contributed by atoms with Gasteiger partial charge < -0.3 is 44.7 Å². The molecule has 2 fully saturated rings. The number of aromatic hydroxyl groups is 2. The number of nitrogens with one attached hydrogen (secondary N) is 1. The number of aliphatic hydroxyl groups excluding tert-OH is 1. The lowest BCUT2D eigenvalue weighted by atomic mass is 9.72. The maximum atomic E-state index is 13.8. The number of Topliss-reactive ketones (excluding diaryl/α,β-unsaturated/α-hetero) is 1. The van der Waals surface area contributed by atoms with Crippen molar-refractivity contribution in [3.63, 3.8) is 0 Å². The van der Waals surface area contributed by atoms with Gasteiger partial charge >= 0.3 is 0 Å². The standard InChI is InChI=1S/C32H37NO11/c1-14-27(35)19(33-16-7-9-42-10-8-16)11-22(43-14)44-21-13-32(40,15(2)34)12-18-24(21)31(39)26-25(29(18)37)28(36)17-5-4-6-20(41-3)23(17)30(26)38/h4-6,14,16,19,21-22,27,33,35,37,39-40H,7-13H2,1-3H3/t14-,19-,21-,22-,27+,32-/m0/s1. The van der Waals surface area contributed by atoms with Crippen LogP contribution in [-0.2, 0) is 25.4 Å². The van der Waals surface area contributed by atoms with E-state index in [2.05, 4.69) is 5.32 Å². The van der Waals surface area contributed by atoms with Gasteiger partial charge in [0.2, 0.25) is 5.78 Å². The van der Waals surface area contributed by atoms with E-state index in [4.69, 9.17) is 18.9 Å². The van der Waals surface area contributed by atoms with Gasteiger partial charge in [-0.05, 0) is 32.8 Å². The van der Waals surface area contributed by atoms with E-state index in [1.807, 2.05) is 0 Å². The number of hydrogen-bond acceptors (Lipinski definition) is 12. The molecule has 6 atom stereocenters. The highest BCUT2D eigenvalue weighted by Gasteiger charge is 2.49. The molecular formula is C32H37NO11. The van der Waals surface area contributed by atoms with E-state index in [1.54, 1.807) is 6.92 Å². The van der Waals surface area contributed by atoms with Crippen LogP contribution in [0, 0.1) is 0 Å². The smallest absolute Gasteiger partial charge is 0.202 e. The Morgan fingerprint density at radius 1 is 1.07 bits per heavy atom. The van der Waals surface area contributed by atoms with Gasteiger partial charge in [-0.3, -0.25) is 14.4 Å². The van der Waals surface area contributed by atoms with Gasteiger partial charge in [0.15, 0.2) is 17.9 Å². The van der Waals surface area contributed by atoms with Crippen molar-refractivity contribution in [2.24, 2.45) is 0 Å². The highest BCUT2D eigenvalue weighted by molar-refractivity contribution is 6.31. The number of aliphatic hydroxyl groups is 2. The summed E-state index contributed by atoms with van der Waals surface area (Å²) in [6.45, 7) is 4.13. The largest absolute Gasteiger partial charge is 0.507 e. The molecule has 0 bridgehead atoms. The lowest BCUT2D eigenvalue weighted by Gasteiger charge is -2.43. The average Bonchev–Trinajstić information content (AvgIpc) is 3.00. The predicted octanol–water partition coefficient (Wildman–Crippen LogP) is 1.84. The number of phenolic OH excluding ortho intramolecular Hbond substituents is 2. The quantitative estimate of drug-likeness (QED) is 0.256. The number of benzene rings is 2. The van der Waals surface area contributed by atoms with Crippen LogP contribution in [-0.4, -0.2) is 94.3 Å². The fraction of sp³-hybridized carbons (Fsp3) is 0.531. The Labute approximate surface area is 253 Å². The summed E-state index contributed by atoms with van der Waals surface area (Å²) in [6, 6.07) is 4.20. The second kappa shape index (κ2) is 11.5. The van der Waals surface area contributed by atoms with Crippen molar-refractivity contribution in [2.45, 2.75) is 88.2 Å². The molecule has 12 heteroatoms. The third-order valence-electron chi connectivity index (χ3n) is 9.42. The van der Waals surface area contributed by atoms with Crippen LogP contribution in [0.4, 0.5) is 0 Å². The number of ketones is 3. The zero-order valence-corrected chi connectivity index (χ0v) is 24.8. The normalized spacial score (nSPS) is 30.3. The van der Waals surface area contributed by atoms with E-state index in [0.717, 1.165) is 12.8 Å². The maximum absolute atomic E-state index is 13.8. The molecule has 2 saturated heterocycles. The molecule has 236 valence electrons. The molecule has 0 amide bonds. The van der Waals surface area contributed by atoms with Gasteiger partial charge in [-0.2, -0.15) is 0 Å². The molecule has 12 nitrogen and oxygen atoms in total. The van der Waals surface area contributed by atoms with Gasteiger partial charge in [0.05, 0.1) is 42.1 Å². The molecule has 4 aliphatic rings. The molecule has 0 spiro atoms. The highest BCUT2D eigenvalue weighted by Crippen LogP contribution is 2.52. The summed E-state index contributed by atoms with van der Waals surface area (Å²) in [7, 11) is 1.35. The molecule has 0 radical (unpaired) electrons. The first-order chi connectivity index (χ1) is 20.9. The van der Waals surface area contributed by atoms with Crippen molar-refractivity contribution in [1.82, 2.24) is 5.32 Å². The van der Waals surface area contributed by atoms with Crippen LogP contribution in [0.5, 0.6) is 17.2 Å². The lowest BCUT2D eigenvalue weighted by Crippen LogP contribution is -2.57. The van der Waals surface area contributed by atoms with E-state index in [9.17, 15) is 34.8 Å². The van der Waals surface area contributed by atoms with Gasteiger partial charge in [0, 0.05) is 61.3 Å². The molecule has 2 heterocycles. The Bertz CT molecular complexity index is 1520. The van der Waals surface area contributed by atoms with Crippen LogP contribution in [0.15, 0.2) is 18.2 Å². The van der Waals surface area contributed by atoms with Crippen molar-refractivity contribution in [1.29, 1.82) is 0 Å². The number of fused-ring (bicyclic) bond motifs is 3. The third kappa shape index (κ3) is 4.99. The van der Waals surface area contributed by atoms with Crippen molar-refractivity contribution in [3.05, 3.63) is 51.6 Å². The minimum atomic E-state index is -2.00. The number of hydrogen-bond donors (Lipinski definition) is 5. The first kappa shape index (κ1) is 30.6. The van der Waals surface area contributed by atoms with Crippen LogP contribution in [0.3, 0.4) is 0 Å². The van der Waals surface area contributed by atoms with Gasteiger partial charge in [-0.1, -0.05) is 12.1 Å². The van der Waals surface area contributed by atoms with E-state index in [-0.39, 0.29) is 46.9 Å². The third-order valence-corrected chi connectivity index (χ3v) is 9.42. The molecule has 0 unspecified atom stereocenters. The van der Waals surface area contributed by atoms with E-state index in [0.29, 0.717) is 13.2 Å². The molecule has 0 saturated carbocycles. The summed E-state index contributed by atoms with van der Waals surface area (Å²) in [5.74, 6) is -3.09. The molecule has 2 aliphatic heterocycles. The molecule has 0 aromatic heterocycles. The van der Waals surface area contributed by atoms with Crippen LogP contribution >= 0.6 is 0 Å². The van der Waals surface area contributed by atoms with Crippen LogP contribution in [0.25, 0.3) is 0 Å². The minimum Gasteiger partial charge on any atom is -0.507 e. The molecule has 2 aromatic carbocycles. The second-order valence-electron chi connectivity index (χ2n) is 12.1. The van der Waals surface area contributed by atoms with Gasteiger partial charge in [0.1, 0.15) is 22.8 Å². The number of methoxy groups -OCH3 is 1. The number of phenols is 2. The van der Waals surface area contributed by atoms with E-state index >= 15 is 0 Å². The summed E-state index contributed by atoms with van der Waals surface area (Å²) >= 11 is 0. The summed E-state index contributed by atoms with van der Waals surface area (Å²) < 4.78 is 23.1. The van der Waals surface area contributed by atoms with E-state index in [1.165, 1.54) is 32.2 Å². The number of rotatable bonds is 6. The van der Waals surface area contributed by atoms with Crippen LogP contribution in [0.1, 0.15) is 88.6 Å². The molecule has 2 aromatic rings. The van der Waals surface area contributed by atoms with Crippen LogP contribution < -0.4 is 10.1 Å². The zero-order valence-electron chi connectivity index (χ0n) is 24.8. The Kier molecular flexibility index (Phi) is 8.02. The molecule has 44 heavy (non-hydrogen) atoms. The Balaban J connectivity index is 1.41. The van der Waals surface area contributed by atoms with E-state index < -0.39 is 82.6 Å². The number of ether oxygens (including phenoxy) is 4. The monoisotopic (exact) mass is 611 g/mol. The molecule has 5 N–H and O–H groups in total. The number of carbonyl (C=O) groups is 3. The average molecular weight is 612 g/mol. The lowest BCUT2D eigenvalue weighted by molar-refractivity contribution is -0.250. The molecule has 2 aliphatic carbocycles. The minimum absolute atomic E-state index is 0.00633. The molecular weight excluding hydrogens is 574 g/mol. The highest BCUT2D eigenvalue weighted by atomic mass is 16.7. The SMILES string of the molecule is COc1cccc2c1C(=O)c1c(O)c3c(c(O)c1C2=O)C[C@@](O)(C(C)=O)C[C@@H]3O[C@H]1C[C@H](NC2CCOCC2)[C@H](O)[C@H](C)O1. The second-order valence-corrected chi connectivity index (χ2v) is 12.1. The Morgan fingerprint density at radius 2 is 1.77 bits per heavy atom. The van der Waals surface area contributed by atoms with Gasteiger partial charge in [-0.15, -0.1) is 0 Å². The van der Waals surface area contributed by atoms with Crippen LogP contribution in [0.2, 0.25) is 0 Å². The first-order valence-corrected chi connectivity index (χ1v) is 14.9. The summed E-state index contributed by atoms with van der Waals surface area (Å²) in [5, 5.41) is 49.0. The molecule has 6 rings (SSSR count). The summed E-state index contributed by atoms with van der Waals surface area (Å²) in [4.78, 5) is 40.2. The van der Waals surface area contributed by atoms with Gasteiger partial charge in [-0.25, -0.2) is 0 Å². The predicted molar refractivity (Wildman–Crippen MR) is 153 cm³/mol. The van der Waals surface area contributed by atoms with Crippen molar-refractivity contribution in [3.8, 4) is 17.2 Å². The Hall–Kier alpha value is -3.39. The summed E-state index contributed by atoms with van der Waals surface area (Å²) in [5.41, 5.74) is -2.95. The first-order valence-electron chi connectivity index (χ1n) is 14.9. The fourth-order valence-corrected chi connectivity index (χ4v) is 6.96.